The van der Waals surface area contributed by atoms with Crippen LogP contribution in [-0.2, 0) is 6.54 Å². The Morgan fingerprint density at radius 1 is 1.42 bits per heavy atom. The molecule has 0 radical (unpaired) electrons. The Kier molecular flexibility index (Phi) is 3.87. The minimum absolute atomic E-state index is 0.0146. The first-order valence-electron chi connectivity index (χ1n) is 8.00. The summed E-state index contributed by atoms with van der Waals surface area (Å²) in [6.45, 7) is 1.44. The minimum Gasteiger partial charge on any atom is -0.438 e. The van der Waals surface area contributed by atoms with Crippen molar-refractivity contribution in [3.05, 3.63) is 51.8 Å². The first-order valence-corrected chi connectivity index (χ1v) is 8.82. The molecule has 2 aromatic heterocycles. The largest absolute Gasteiger partial charge is 0.438 e. The average Bonchev–Trinajstić information content (AvgIpc) is 3.07. The number of thiazole rings is 1. The van der Waals surface area contributed by atoms with Gasteiger partial charge in [-0.25, -0.2) is 13.8 Å². The zero-order valence-corrected chi connectivity index (χ0v) is 14.6. The first-order chi connectivity index (χ1) is 12.3. The van der Waals surface area contributed by atoms with Crippen molar-refractivity contribution < 1.29 is 18.3 Å². The fourth-order valence-electron chi connectivity index (χ4n) is 2.82. The highest BCUT2D eigenvalue weighted by Crippen LogP contribution is 2.49. The van der Waals surface area contributed by atoms with E-state index in [2.05, 4.69) is 4.98 Å². The van der Waals surface area contributed by atoms with Crippen LogP contribution in [0.4, 0.5) is 8.78 Å². The summed E-state index contributed by atoms with van der Waals surface area (Å²) in [4.78, 5) is 27.6. The van der Waals surface area contributed by atoms with Crippen molar-refractivity contribution in [3.8, 4) is 11.6 Å². The number of carbonyl (C=O) groups is 1. The van der Waals surface area contributed by atoms with Gasteiger partial charge in [-0.15, -0.1) is 0 Å². The molecule has 0 aliphatic heterocycles. The molecule has 1 atom stereocenters. The molecule has 1 saturated carbocycles. The third-order valence-electron chi connectivity index (χ3n) is 4.36. The second-order valence-electron chi connectivity index (χ2n) is 6.28. The summed E-state index contributed by atoms with van der Waals surface area (Å²) >= 11 is 0.979. The molecule has 4 rings (SSSR count). The van der Waals surface area contributed by atoms with Crippen molar-refractivity contribution in [2.24, 2.45) is 5.92 Å². The molecule has 1 unspecified atom stereocenters. The van der Waals surface area contributed by atoms with E-state index in [4.69, 9.17) is 4.74 Å². The van der Waals surface area contributed by atoms with Gasteiger partial charge < -0.3 is 4.74 Å². The number of pyridine rings is 1. The van der Waals surface area contributed by atoms with Crippen molar-refractivity contribution in [2.75, 3.05) is 0 Å². The number of aromatic nitrogens is 2. The topological polar surface area (TPSA) is 61.2 Å². The lowest BCUT2D eigenvalue weighted by molar-refractivity contribution is 0.0951. The zero-order chi connectivity index (χ0) is 18.5. The van der Waals surface area contributed by atoms with Crippen LogP contribution in [0.25, 0.3) is 10.2 Å². The van der Waals surface area contributed by atoms with Crippen LogP contribution < -0.4 is 9.61 Å². The van der Waals surface area contributed by atoms with Crippen LogP contribution in [0.5, 0.6) is 11.6 Å². The van der Waals surface area contributed by atoms with Gasteiger partial charge in [0.2, 0.25) is 5.88 Å². The number of rotatable bonds is 5. The maximum atomic E-state index is 13.2. The molecule has 1 fully saturated rings. The van der Waals surface area contributed by atoms with Gasteiger partial charge in [0.1, 0.15) is 5.75 Å². The summed E-state index contributed by atoms with van der Waals surface area (Å²) in [5.41, 5.74) is 0.956. The Morgan fingerprint density at radius 2 is 2.19 bits per heavy atom. The Morgan fingerprint density at radius 3 is 2.88 bits per heavy atom. The predicted octanol–water partition coefficient (Wildman–Crippen LogP) is 4.11. The normalized spacial score (nSPS) is 18.0. The van der Waals surface area contributed by atoms with E-state index >= 15 is 0 Å². The highest BCUT2D eigenvalue weighted by molar-refractivity contribution is 7.16. The monoisotopic (exact) mass is 376 g/mol. The molecule has 134 valence electrons. The van der Waals surface area contributed by atoms with Gasteiger partial charge in [0.05, 0.1) is 15.8 Å². The number of carbonyl (C=O) groups excluding carboxylic acids is 1. The van der Waals surface area contributed by atoms with Crippen LogP contribution in [0.1, 0.15) is 23.7 Å². The molecule has 2 heterocycles. The smallest absolute Gasteiger partial charge is 0.308 e. The highest BCUT2D eigenvalue weighted by Gasteiger charge is 2.56. The van der Waals surface area contributed by atoms with E-state index in [1.807, 2.05) is 0 Å². The number of fused-ring (bicyclic) bond motifs is 1. The number of alkyl halides is 2. The van der Waals surface area contributed by atoms with Gasteiger partial charge in [-0.3, -0.25) is 14.2 Å². The number of hydrogen-bond donors (Lipinski definition) is 0. The zero-order valence-electron chi connectivity index (χ0n) is 13.7. The van der Waals surface area contributed by atoms with Crippen LogP contribution in [0.2, 0.25) is 0 Å². The third-order valence-corrected chi connectivity index (χ3v) is 5.31. The molecule has 0 amide bonds. The van der Waals surface area contributed by atoms with E-state index in [1.165, 1.54) is 17.7 Å². The van der Waals surface area contributed by atoms with E-state index in [0.29, 0.717) is 21.5 Å². The van der Waals surface area contributed by atoms with Gasteiger partial charge in [0, 0.05) is 31.1 Å². The fraction of sp³-hybridized carbons (Fsp3) is 0.278. The molecule has 1 aliphatic carbocycles. The van der Waals surface area contributed by atoms with E-state index in [1.54, 1.807) is 30.3 Å². The lowest BCUT2D eigenvalue weighted by Gasteiger charge is -2.08. The van der Waals surface area contributed by atoms with Crippen LogP contribution in [-0.4, -0.2) is 21.3 Å². The maximum Gasteiger partial charge on any atom is 0.308 e. The third kappa shape index (κ3) is 3.01. The van der Waals surface area contributed by atoms with Crippen molar-refractivity contribution in [3.63, 3.8) is 0 Å². The molecule has 1 aliphatic rings. The van der Waals surface area contributed by atoms with Crippen molar-refractivity contribution >= 4 is 27.3 Å². The molecule has 1 aromatic carbocycles. The van der Waals surface area contributed by atoms with Gasteiger partial charge in [0.15, 0.2) is 5.78 Å². The Bertz CT molecular complexity index is 1070. The van der Waals surface area contributed by atoms with Gasteiger partial charge in [0.25, 0.3) is 5.92 Å². The molecule has 26 heavy (non-hydrogen) atoms. The number of benzene rings is 1. The summed E-state index contributed by atoms with van der Waals surface area (Å²) in [6.07, 6.45) is 1.34. The van der Waals surface area contributed by atoms with Gasteiger partial charge in [-0.05, 0) is 31.2 Å². The van der Waals surface area contributed by atoms with Crippen molar-refractivity contribution in [1.82, 2.24) is 9.55 Å². The van der Waals surface area contributed by atoms with Crippen LogP contribution in [0.3, 0.4) is 0 Å². The average molecular weight is 376 g/mol. The summed E-state index contributed by atoms with van der Waals surface area (Å²) in [6, 6.07) is 8.22. The van der Waals surface area contributed by atoms with E-state index in [-0.39, 0.29) is 29.5 Å². The standard InChI is InChI=1S/C18H14F2N2O3S/c1-10(23)13-3-2-6-21-16(13)25-12-4-5-14-15(7-12)26-17(24)22(14)9-11-8-18(11,19)20/h2-7,11H,8-9H2,1H3. The van der Waals surface area contributed by atoms with Gasteiger partial charge in [-0.2, -0.15) is 0 Å². The van der Waals surface area contributed by atoms with Crippen molar-refractivity contribution in [1.29, 1.82) is 0 Å². The SMILES string of the molecule is CC(=O)c1cccnc1Oc1ccc2c(c1)sc(=O)n2CC1CC1(F)F. The van der Waals surface area contributed by atoms with E-state index in [9.17, 15) is 18.4 Å². The second kappa shape index (κ2) is 5.98. The Balaban J connectivity index is 1.65. The molecule has 0 spiro atoms. The molecular formula is C18H14F2N2O3S. The number of Topliss-reactive ketones (excluding diaryl/α,β-unsaturated/α-hetero) is 1. The molecular weight excluding hydrogens is 362 g/mol. The Hall–Kier alpha value is -2.61. The highest BCUT2D eigenvalue weighted by atomic mass is 32.1. The second-order valence-corrected chi connectivity index (χ2v) is 7.28. The van der Waals surface area contributed by atoms with Crippen molar-refractivity contribution in [2.45, 2.75) is 25.8 Å². The summed E-state index contributed by atoms with van der Waals surface area (Å²) in [5.74, 6) is -3.01. The fourth-order valence-corrected chi connectivity index (χ4v) is 3.75. The number of ether oxygens (including phenoxy) is 1. The number of hydrogen-bond acceptors (Lipinski definition) is 5. The first kappa shape index (κ1) is 16.8. The van der Waals surface area contributed by atoms with Crippen LogP contribution in [0.15, 0.2) is 41.3 Å². The van der Waals surface area contributed by atoms with Gasteiger partial charge in [-0.1, -0.05) is 11.3 Å². The number of halogens is 2. The lowest BCUT2D eigenvalue weighted by atomic mass is 10.2. The molecule has 3 aromatic rings. The molecule has 5 nitrogen and oxygen atoms in total. The van der Waals surface area contributed by atoms with Crippen LogP contribution in [0, 0.1) is 5.92 Å². The number of nitrogens with zero attached hydrogens (tertiary/aromatic N) is 2. The van der Waals surface area contributed by atoms with E-state index < -0.39 is 11.8 Å². The predicted molar refractivity (Wildman–Crippen MR) is 93.5 cm³/mol. The molecule has 0 N–H and O–H groups in total. The number of ketones is 1. The summed E-state index contributed by atoms with van der Waals surface area (Å²) in [5, 5.41) is 0. The quantitative estimate of drug-likeness (QED) is 0.629. The Labute approximate surface area is 150 Å². The van der Waals surface area contributed by atoms with Gasteiger partial charge >= 0.3 is 4.87 Å². The molecule has 8 heteroatoms. The minimum atomic E-state index is -2.67. The maximum absolute atomic E-state index is 13.2. The van der Waals surface area contributed by atoms with Crippen LogP contribution >= 0.6 is 11.3 Å². The summed E-state index contributed by atoms with van der Waals surface area (Å²) < 4.78 is 34.0. The molecule has 0 bridgehead atoms. The summed E-state index contributed by atoms with van der Waals surface area (Å²) in [7, 11) is 0. The lowest BCUT2D eigenvalue weighted by Crippen LogP contribution is -2.15. The van der Waals surface area contributed by atoms with E-state index in [0.717, 1.165) is 11.3 Å². The molecule has 0 saturated heterocycles.